The molecule has 6 nitrogen and oxygen atoms in total. The smallest absolute Gasteiger partial charge is 0.255 e. The minimum Gasteiger partial charge on any atom is -0.508 e. The Morgan fingerprint density at radius 3 is 2.68 bits per heavy atom. The zero-order chi connectivity index (χ0) is 22.0. The van der Waals surface area contributed by atoms with Crippen LogP contribution in [0, 0.1) is 5.41 Å². The first-order chi connectivity index (χ1) is 15.0. The Kier molecular flexibility index (Phi) is 6.36. The second kappa shape index (κ2) is 9.02. The Balaban J connectivity index is 1.73. The fraction of sp³-hybridized carbons (Fsp3) is 0.375. The fourth-order valence-corrected chi connectivity index (χ4v) is 5.04. The molecule has 0 bridgehead atoms. The number of aliphatic hydroxyl groups excluding tert-OH is 1. The van der Waals surface area contributed by atoms with Gasteiger partial charge in [-0.15, -0.1) is 0 Å². The number of halogens is 1. The minimum atomic E-state index is -0.246. The Morgan fingerprint density at radius 2 is 2.03 bits per heavy atom. The Labute approximate surface area is 190 Å². The Bertz CT molecular complexity index is 1080. The first-order valence-electron chi connectivity index (χ1n) is 10.5. The maximum atomic E-state index is 12.9. The molecule has 0 saturated carbocycles. The van der Waals surface area contributed by atoms with E-state index in [1.165, 1.54) is 0 Å². The molecule has 1 atom stereocenters. The summed E-state index contributed by atoms with van der Waals surface area (Å²) < 4.78 is 6.12. The van der Waals surface area contributed by atoms with E-state index in [9.17, 15) is 15.0 Å². The van der Waals surface area contributed by atoms with Crippen LogP contribution >= 0.6 is 15.9 Å². The van der Waals surface area contributed by atoms with E-state index in [4.69, 9.17) is 4.42 Å². The van der Waals surface area contributed by atoms with Crippen LogP contribution in [0.2, 0.25) is 0 Å². The van der Waals surface area contributed by atoms with E-state index in [1.807, 2.05) is 30.3 Å². The van der Waals surface area contributed by atoms with E-state index >= 15 is 0 Å². The Morgan fingerprint density at radius 1 is 1.26 bits per heavy atom. The van der Waals surface area contributed by atoms with E-state index in [0.717, 1.165) is 36.9 Å². The van der Waals surface area contributed by atoms with E-state index in [2.05, 4.69) is 26.1 Å². The van der Waals surface area contributed by atoms with Crippen molar-refractivity contribution in [1.29, 1.82) is 0 Å². The number of nitrogens with one attached hydrogen (secondary N) is 1. The highest BCUT2D eigenvalue weighted by Crippen LogP contribution is 2.39. The topological polar surface area (TPSA) is 85.9 Å². The molecule has 2 heterocycles. The molecular formula is C24H27BrN2O4. The quantitative estimate of drug-likeness (QED) is 0.442. The van der Waals surface area contributed by atoms with Gasteiger partial charge in [-0.1, -0.05) is 46.3 Å². The Hall–Kier alpha value is -2.35. The summed E-state index contributed by atoms with van der Waals surface area (Å²) in [6.45, 7) is 2.57. The lowest BCUT2D eigenvalue weighted by Gasteiger charge is -2.24. The molecule has 1 saturated heterocycles. The van der Waals surface area contributed by atoms with Crippen LogP contribution in [0.3, 0.4) is 0 Å². The second-order valence-electron chi connectivity index (χ2n) is 8.26. The van der Waals surface area contributed by atoms with Gasteiger partial charge >= 0.3 is 0 Å². The van der Waals surface area contributed by atoms with Crippen molar-refractivity contribution in [2.75, 3.05) is 38.6 Å². The van der Waals surface area contributed by atoms with Crippen LogP contribution in [0.4, 0.5) is 0 Å². The highest BCUT2D eigenvalue weighted by atomic mass is 79.9. The summed E-state index contributed by atoms with van der Waals surface area (Å²) in [7, 11) is 1.59. The van der Waals surface area contributed by atoms with Crippen molar-refractivity contribution in [1.82, 2.24) is 10.2 Å². The molecule has 7 heteroatoms. The van der Waals surface area contributed by atoms with Gasteiger partial charge in [-0.25, -0.2) is 0 Å². The summed E-state index contributed by atoms with van der Waals surface area (Å²) in [4.78, 5) is 15.2. The number of fused-ring (bicyclic) bond motifs is 1. The van der Waals surface area contributed by atoms with Crippen LogP contribution in [-0.2, 0) is 6.42 Å². The summed E-state index contributed by atoms with van der Waals surface area (Å²) in [5, 5.41) is 24.6. The number of furan rings is 1. The summed E-state index contributed by atoms with van der Waals surface area (Å²) in [6, 6.07) is 12.9. The molecule has 2 aromatic carbocycles. The van der Waals surface area contributed by atoms with Gasteiger partial charge < -0.3 is 24.8 Å². The van der Waals surface area contributed by atoms with Crippen LogP contribution in [-0.4, -0.2) is 59.6 Å². The average Bonchev–Trinajstić information content (AvgIpc) is 3.41. The molecule has 1 aliphatic rings. The third kappa shape index (κ3) is 4.10. The number of hydrogen-bond acceptors (Lipinski definition) is 5. The lowest BCUT2D eigenvalue weighted by Crippen LogP contribution is -2.32. The molecule has 4 rings (SSSR count). The number of hydrogen-bond donors (Lipinski definition) is 3. The molecule has 0 aliphatic carbocycles. The number of carbonyl (C=O) groups excluding carboxylic acids is 1. The molecule has 3 N–H and O–H groups in total. The molecule has 164 valence electrons. The van der Waals surface area contributed by atoms with E-state index < -0.39 is 0 Å². The molecule has 1 aliphatic heterocycles. The minimum absolute atomic E-state index is 0.114. The normalized spacial score (nSPS) is 19.2. The number of phenols is 1. The number of nitrogens with zero attached hydrogens (tertiary/aromatic N) is 1. The van der Waals surface area contributed by atoms with E-state index in [0.29, 0.717) is 34.3 Å². The average molecular weight is 487 g/mol. The largest absolute Gasteiger partial charge is 0.508 e. The number of rotatable bonds is 7. The third-order valence-electron chi connectivity index (χ3n) is 6.24. The van der Waals surface area contributed by atoms with Gasteiger partial charge in [0, 0.05) is 47.4 Å². The summed E-state index contributed by atoms with van der Waals surface area (Å²) in [6.07, 6.45) is 1.50. The van der Waals surface area contributed by atoms with Crippen molar-refractivity contribution < 1.29 is 19.4 Å². The molecule has 1 amide bonds. The van der Waals surface area contributed by atoms with Gasteiger partial charge in [-0.05, 0) is 31.5 Å². The number of likely N-dealkylation sites (tertiary alicyclic amines) is 1. The first-order valence-corrected chi connectivity index (χ1v) is 11.6. The zero-order valence-electron chi connectivity index (χ0n) is 17.5. The number of carbonyl (C=O) groups is 1. The van der Waals surface area contributed by atoms with Crippen molar-refractivity contribution in [3.8, 4) is 17.1 Å². The van der Waals surface area contributed by atoms with E-state index in [-0.39, 0.29) is 23.7 Å². The summed E-state index contributed by atoms with van der Waals surface area (Å²) in [5.74, 6) is 0.414. The molecule has 0 spiro atoms. The molecule has 31 heavy (non-hydrogen) atoms. The lowest BCUT2D eigenvalue weighted by atomic mass is 9.91. The molecule has 3 aromatic rings. The van der Waals surface area contributed by atoms with Gasteiger partial charge in [-0.3, -0.25) is 4.79 Å². The lowest BCUT2D eigenvalue weighted by molar-refractivity contribution is 0.0964. The molecule has 1 unspecified atom stereocenters. The summed E-state index contributed by atoms with van der Waals surface area (Å²) >= 11 is 3.54. The van der Waals surface area contributed by atoms with Gasteiger partial charge in [0.1, 0.15) is 17.1 Å². The standard InChI is InChI=1S/C24H27BrN2O4/c1-26-23(30)21-20-17(9-11-27-12-10-24(13-25,14-27)15-28)18(29)7-8-19(20)31-22(21)16-5-3-2-4-6-16/h2-8,28-29H,9-15H2,1H3,(H,26,30). The molecule has 1 fully saturated rings. The number of alkyl halides is 1. The number of amides is 1. The highest BCUT2D eigenvalue weighted by molar-refractivity contribution is 9.09. The van der Waals surface area contributed by atoms with Crippen LogP contribution in [0.25, 0.3) is 22.3 Å². The van der Waals surface area contributed by atoms with E-state index in [1.54, 1.807) is 19.2 Å². The zero-order valence-corrected chi connectivity index (χ0v) is 19.1. The fourth-order valence-electron chi connectivity index (χ4n) is 4.41. The van der Waals surface area contributed by atoms with Gasteiger partial charge in [0.25, 0.3) is 5.91 Å². The van der Waals surface area contributed by atoms with Gasteiger partial charge in [0.2, 0.25) is 0 Å². The predicted octanol–water partition coefficient (Wildman–Crippen LogP) is 3.79. The highest BCUT2D eigenvalue weighted by Gasteiger charge is 2.36. The monoisotopic (exact) mass is 486 g/mol. The maximum Gasteiger partial charge on any atom is 0.255 e. The van der Waals surface area contributed by atoms with Gasteiger partial charge in [0.15, 0.2) is 0 Å². The SMILES string of the molecule is CNC(=O)c1c(-c2ccccc2)oc2ccc(O)c(CCN3CCC(CO)(CBr)C3)c12. The summed E-state index contributed by atoms with van der Waals surface area (Å²) in [5.41, 5.74) is 2.44. The molecular weight excluding hydrogens is 460 g/mol. The number of aliphatic hydroxyl groups is 1. The predicted molar refractivity (Wildman–Crippen MR) is 125 cm³/mol. The van der Waals surface area contributed by atoms with Crippen LogP contribution in [0.5, 0.6) is 5.75 Å². The van der Waals surface area contributed by atoms with Crippen molar-refractivity contribution in [3.63, 3.8) is 0 Å². The first kappa shape index (κ1) is 21.9. The van der Waals surface area contributed by atoms with Crippen LogP contribution < -0.4 is 5.32 Å². The van der Waals surface area contributed by atoms with Gasteiger partial charge in [-0.2, -0.15) is 0 Å². The van der Waals surface area contributed by atoms with Crippen molar-refractivity contribution in [2.45, 2.75) is 12.8 Å². The number of phenolic OH excluding ortho intramolecular Hbond substituents is 1. The third-order valence-corrected chi connectivity index (χ3v) is 7.43. The van der Waals surface area contributed by atoms with Crippen molar-refractivity contribution >= 4 is 32.8 Å². The second-order valence-corrected chi connectivity index (χ2v) is 8.82. The maximum absolute atomic E-state index is 12.9. The van der Waals surface area contributed by atoms with Crippen LogP contribution in [0.1, 0.15) is 22.3 Å². The van der Waals surface area contributed by atoms with Crippen molar-refractivity contribution in [3.05, 3.63) is 53.6 Å². The number of aromatic hydroxyl groups is 1. The van der Waals surface area contributed by atoms with Gasteiger partial charge in [0.05, 0.1) is 12.2 Å². The molecule has 0 radical (unpaired) electrons. The van der Waals surface area contributed by atoms with Crippen LogP contribution in [0.15, 0.2) is 46.9 Å². The molecule has 1 aromatic heterocycles. The van der Waals surface area contributed by atoms with Crippen molar-refractivity contribution in [2.24, 2.45) is 5.41 Å². The number of benzene rings is 2.